The van der Waals surface area contributed by atoms with Gasteiger partial charge in [0.25, 0.3) is 11.5 Å². The lowest BCUT2D eigenvalue weighted by Crippen LogP contribution is -2.36. The number of rotatable bonds is 6. The van der Waals surface area contributed by atoms with Gasteiger partial charge in [0.2, 0.25) is 0 Å². The lowest BCUT2D eigenvalue weighted by Gasteiger charge is -2.22. The number of pyridine rings is 1. The number of Topliss-reactive ketones (excluding diaryl/α,β-unsaturated/α-hetero) is 1. The van der Waals surface area contributed by atoms with Crippen molar-refractivity contribution < 1.29 is 14.3 Å². The number of hydrogen-bond donors (Lipinski definition) is 1. The van der Waals surface area contributed by atoms with Crippen LogP contribution in [-0.4, -0.2) is 23.4 Å². The number of methoxy groups -OCH3 is 1. The van der Waals surface area contributed by atoms with E-state index in [9.17, 15) is 14.4 Å². The molecule has 1 N–H and O–H groups in total. The zero-order valence-corrected chi connectivity index (χ0v) is 19.2. The van der Waals surface area contributed by atoms with Crippen molar-refractivity contribution in [3.63, 3.8) is 0 Å². The Bertz CT molecular complexity index is 1240. The zero-order chi connectivity index (χ0) is 23.5. The highest BCUT2D eigenvalue weighted by Gasteiger charge is 2.26. The molecule has 0 bridgehead atoms. The van der Waals surface area contributed by atoms with Gasteiger partial charge in [0.05, 0.1) is 7.11 Å². The van der Waals surface area contributed by atoms with Crippen molar-refractivity contribution in [1.29, 1.82) is 0 Å². The second-order valence-corrected chi connectivity index (χ2v) is 8.61. The van der Waals surface area contributed by atoms with Gasteiger partial charge in [-0.3, -0.25) is 19.0 Å². The molecule has 1 aliphatic rings. The van der Waals surface area contributed by atoms with Crippen LogP contribution in [0.5, 0.6) is 5.75 Å². The molecule has 4 rings (SSSR count). The van der Waals surface area contributed by atoms with Crippen molar-refractivity contribution in [2.75, 3.05) is 7.11 Å². The molecule has 6 nitrogen and oxygen atoms in total. The van der Waals surface area contributed by atoms with Crippen LogP contribution in [0, 0.1) is 0 Å². The Morgan fingerprint density at radius 3 is 2.36 bits per heavy atom. The molecule has 33 heavy (non-hydrogen) atoms. The summed E-state index contributed by atoms with van der Waals surface area (Å²) in [6.45, 7) is 4.47. The summed E-state index contributed by atoms with van der Waals surface area (Å²) in [5.74, 6) is 0.559. The van der Waals surface area contributed by atoms with Gasteiger partial charge in [-0.25, -0.2) is 0 Å². The highest BCUT2D eigenvalue weighted by molar-refractivity contribution is 6.01. The molecule has 0 fully saturated rings. The summed E-state index contributed by atoms with van der Waals surface area (Å²) in [7, 11) is 1.59. The first-order chi connectivity index (χ1) is 15.9. The molecule has 3 aromatic rings. The summed E-state index contributed by atoms with van der Waals surface area (Å²) in [5.41, 5.74) is 3.41. The molecule has 0 saturated heterocycles. The maximum absolute atomic E-state index is 13.5. The molecular weight excluding hydrogens is 416 g/mol. The lowest BCUT2D eigenvalue weighted by molar-refractivity contribution is 0.0949. The first kappa shape index (κ1) is 22.5. The summed E-state index contributed by atoms with van der Waals surface area (Å²) in [4.78, 5) is 39.2. The quantitative estimate of drug-likeness (QED) is 0.611. The van der Waals surface area contributed by atoms with Gasteiger partial charge in [-0.15, -0.1) is 0 Å². The minimum Gasteiger partial charge on any atom is -0.497 e. The molecule has 1 aliphatic carbocycles. The number of aromatic nitrogens is 1. The summed E-state index contributed by atoms with van der Waals surface area (Å²) >= 11 is 0. The van der Waals surface area contributed by atoms with Crippen LogP contribution in [0.25, 0.3) is 5.69 Å². The molecule has 1 aromatic heterocycles. The molecule has 0 unspecified atom stereocenters. The van der Waals surface area contributed by atoms with Crippen LogP contribution < -0.4 is 15.6 Å². The van der Waals surface area contributed by atoms with Crippen LogP contribution in [0.2, 0.25) is 0 Å². The largest absolute Gasteiger partial charge is 0.497 e. The number of carbonyl (C=O) groups is 2. The number of benzene rings is 2. The molecule has 1 amide bonds. The van der Waals surface area contributed by atoms with Gasteiger partial charge in [-0.2, -0.15) is 0 Å². The minimum absolute atomic E-state index is 0.0227. The van der Waals surface area contributed by atoms with Gasteiger partial charge >= 0.3 is 0 Å². The van der Waals surface area contributed by atoms with Crippen LogP contribution >= 0.6 is 0 Å². The average molecular weight is 445 g/mol. The molecule has 0 atom stereocenters. The molecule has 0 aliphatic heterocycles. The van der Waals surface area contributed by atoms with E-state index >= 15 is 0 Å². The second-order valence-electron chi connectivity index (χ2n) is 8.61. The van der Waals surface area contributed by atoms with Gasteiger partial charge in [0.1, 0.15) is 11.3 Å². The topological polar surface area (TPSA) is 77.4 Å². The van der Waals surface area contributed by atoms with Crippen LogP contribution in [0.3, 0.4) is 0 Å². The van der Waals surface area contributed by atoms with E-state index in [0.29, 0.717) is 42.1 Å². The number of fused-ring (bicyclic) bond motifs is 1. The van der Waals surface area contributed by atoms with Crippen molar-refractivity contribution in [2.24, 2.45) is 0 Å². The number of hydrogen-bond acceptors (Lipinski definition) is 4. The van der Waals surface area contributed by atoms with E-state index in [1.165, 1.54) is 6.07 Å². The maximum Gasteiger partial charge on any atom is 0.268 e. The second kappa shape index (κ2) is 9.45. The normalized spacial score (nSPS) is 13.0. The average Bonchev–Trinajstić information content (AvgIpc) is 2.83. The van der Waals surface area contributed by atoms with Gasteiger partial charge in [0, 0.05) is 29.9 Å². The predicted molar refractivity (Wildman–Crippen MR) is 128 cm³/mol. The summed E-state index contributed by atoms with van der Waals surface area (Å²) < 4.78 is 6.70. The standard InChI is InChI=1S/C27H28N2O4/c1-17(2)19-9-11-20(12-10-19)29-24-5-4-6-25(30)22(24)15-23(27(29)32)26(31)28-16-18-7-13-21(33-3)14-8-18/h7-15,17H,4-6,16H2,1-3H3,(H,28,31). The zero-order valence-electron chi connectivity index (χ0n) is 19.2. The Hall–Kier alpha value is -3.67. The maximum atomic E-state index is 13.5. The number of ketones is 1. The molecule has 2 aromatic carbocycles. The molecule has 1 heterocycles. The van der Waals surface area contributed by atoms with Crippen molar-refractivity contribution in [3.8, 4) is 11.4 Å². The van der Waals surface area contributed by atoms with E-state index < -0.39 is 11.5 Å². The van der Waals surface area contributed by atoms with Gasteiger partial charge in [0.15, 0.2) is 5.78 Å². The Labute approximate surface area is 193 Å². The predicted octanol–water partition coefficient (Wildman–Crippen LogP) is 4.42. The van der Waals surface area contributed by atoms with Crippen molar-refractivity contribution in [2.45, 2.75) is 45.6 Å². The van der Waals surface area contributed by atoms with Crippen LogP contribution in [-0.2, 0) is 13.0 Å². The molecule has 6 heteroatoms. The molecule has 0 radical (unpaired) electrons. The highest BCUT2D eigenvalue weighted by Crippen LogP contribution is 2.25. The van der Waals surface area contributed by atoms with E-state index in [1.807, 2.05) is 48.5 Å². The first-order valence-electron chi connectivity index (χ1n) is 11.2. The van der Waals surface area contributed by atoms with Crippen molar-refractivity contribution in [1.82, 2.24) is 9.88 Å². The summed E-state index contributed by atoms with van der Waals surface area (Å²) in [6.07, 6.45) is 1.73. The Kier molecular flexibility index (Phi) is 6.45. The fraction of sp³-hybridized carbons (Fsp3) is 0.296. The Morgan fingerprint density at radius 2 is 1.73 bits per heavy atom. The fourth-order valence-corrected chi connectivity index (χ4v) is 4.16. The van der Waals surface area contributed by atoms with Gasteiger partial charge in [-0.05, 0) is 60.2 Å². The first-order valence-corrected chi connectivity index (χ1v) is 11.2. The molecular formula is C27H28N2O4. The van der Waals surface area contributed by atoms with Gasteiger partial charge < -0.3 is 10.1 Å². The summed E-state index contributed by atoms with van der Waals surface area (Å²) in [5, 5.41) is 2.81. The Morgan fingerprint density at radius 1 is 1.03 bits per heavy atom. The molecule has 0 saturated carbocycles. The number of nitrogens with zero attached hydrogens (tertiary/aromatic N) is 1. The summed E-state index contributed by atoms with van der Waals surface area (Å²) in [6, 6.07) is 16.5. The highest BCUT2D eigenvalue weighted by atomic mass is 16.5. The third-order valence-electron chi connectivity index (χ3n) is 6.10. The third-order valence-corrected chi connectivity index (χ3v) is 6.10. The van der Waals surface area contributed by atoms with E-state index in [4.69, 9.17) is 4.74 Å². The van der Waals surface area contributed by atoms with Crippen LogP contribution in [0.1, 0.15) is 70.1 Å². The Balaban J connectivity index is 1.71. The third kappa shape index (κ3) is 4.60. The van der Waals surface area contributed by atoms with Gasteiger partial charge in [-0.1, -0.05) is 38.1 Å². The monoisotopic (exact) mass is 444 g/mol. The van der Waals surface area contributed by atoms with E-state index in [2.05, 4.69) is 19.2 Å². The minimum atomic E-state index is -0.496. The molecule has 0 spiro atoms. The lowest BCUT2D eigenvalue weighted by atomic mass is 9.92. The van der Waals surface area contributed by atoms with Crippen molar-refractivity contribution in [3.05, 3.63) is 92.9 Å². The number of amides is 1. The van der Waals surface area contributed by atoms with Crippen LogP contribution in [0.15, 0.2) is 59.4 Å². The molecule has 170 valence electrons. The van der Waals surface area contributed by atoms with E-state index in [-0.39, 0.29) is 17.9 Å². The van der Waals surface area contributed by atoms with E-state index in [1.54, 1.807) is 11.7 Å². The fourth-order valence-electron chi connectivity index (χ4n) is 4.16. The van der Waals surface area contributed by atoms with Crippen LogP contribution in [0.4, 0.5) is 0 Å². The SMILES string of the molecule is COc1ccc(CNC(=O)c2cc3c(n(-c4ccc(C(C)C)cc4)c2=O)CCCC3=O)cc1. The van der Waals surface area contributed by atoms with E-state index in [0.717, 1.165) is 16.9 Å². The number of carbonyl (C=O) groups excluding carboxylic acids is 2. The smallest absolute Gasteiger partial charge is 0.268 e. The number of nitrogens with one attached hydrogen (secondary N) is 1. The number of ether oxygens (including phenoxy) is 1. The van der Waals surface area contributed by atoms with Crippen molar-refractivity contribution >= 4 is 11.7 Å².